The molecule has 0 bridgehead atoms. The summed E-state index contributed by atoms with van der Waals surface area (Å²) in [7, 11) is -3.32. The van der Waals surface area contributed by atoms with Crippen molar-refractivity contribution in [1.82, 2.24) is 0 Å². The van der Waals surface area contributed by atoms with Crippen LogP contribution >= 0.6 is 11.6 Å². The van der Waals surface area contributed by atoms with E-state index in [0.717, 1.165) is 6.26 Å². The Labute approximate surface area is 119 Å². The first kappa shape index (κ1) is 16.1. The lowest BCUT2D eigenvalue weighted by molar-refractivity contribution is 0.171. The molecule has 19 heavy (non-hydrogen) atoms. The van der Waals surface area contributed by atoms with E-state index in [2.05, 4.69) is 10.0 Å². The fourth-order valence-corrected chi connectivity index (χ4v) is 2.07. The van der Waals surface area contributed by atoms with E-state index >= 15 is 0 Å². The predicted octanol–water partition coefficient (Wildman–Crippen LogP) is 2.14. The standard InChI is InChI=1S/C12H19ClN2O3S/c1-12(2,8-16)7-14-11-6-9(4-5-10(11)13)15-19(3,17)18/h4-6,14-16H,7-8H2,1-3H3. The third-order valence-electron chi connectivity index (χ3n) is 2.46. The predicted molar refractivity (Wildman–Crippen MR) is 79.3 cm³/mol. The van der Waals surface area contributed by atoms with Crippen LogP contribution in [0.2, 0.25) is 5.02 Å². The Morgan fingerprint density at radius 1 is 1.37 bits per heavy atom. The minimum absolute atomic E-state index is 0.0406. The van der Waals surface area contributed by atoms with Gasteiger partial charge in [0.1, 0.15) is 0 Å². The summed E-state index contributed by atoms with van der Waals surface area (Å²) in [5.41, 5.74) is 0.775. The number of rotatable bonds is 6. The molecule has 5 nitrogen and oxygen atoms in total. The van der Waals surface area contributed by atoms with Crippen molar-refractivity contribution in [1.29, 1.82) is 0 Å². The molecule has 0 heterocycles. The van der Waals surface area contributed by atoms with E-state index in [1.807, 2.05) is 13.8 Å². The molecule has 0 saturated heterocycles. The Kier molecular flexibility index (Phi) is 5.06. The maximum atomic E-state index is 11.2. The van der Waals surface area contributed by atoms with Crippen LogP contribution < -0.4 is 10.0 Å². The number of hydrogen-bond acceptors (Lipinski definition) is 4. The van der Waals surface area contributed by atoms with Gasteiger partial charge in [-0.15, -0.1) is 0 Å². The molecule has 0 fully saturated rings. The van der Waals surface area contributed by atoms with Gasteiger partial charge in [0.05, 0.1) is 22.7 Å². The van der Waals surface area contributed by atoms with Crippen LogP contribution in [0.5, 0.6) is 0 Å². The van der Waals surface area contributed by atoms with Crippen molar-refractivity contribution in [2.24, 2.45) is 5.41 Å². The monoisotopic (exact) mass is 306 g/mol. The molecule has 0 saturated carbocycles. The van der Waals surface area contributed by atoms with Crippen molar-refractivity contribution < 1.29 is 13.5 Å². The molecule has 0 amide bonds. The van der Waals surface area contributed by atoms with E-state index in [1.165, 1.54) is 0 Å². The minimum Gasteiger partial charge on any atom is -0.396 e. The summed E-state index contributed by atoms with van der Waals surface area (Å²) in [4.78, 5) is 0. The number of nitrogens with one attached hydrogen (secondary N) is 2. The smallest absolute Gasteiger partial charge is 0.229 e. The van der Waals surface area contributed by atoms with Gasteiger partial charge in [0.15, 0.2) is 0 Å². The first-order chi connectivity index (χ1) is 8.63. The Hall–Kier alpha value is -0.980. The second-order valence-corrected chi connectivity index (χ2v) is 7.40. The van der Waals surface area contributed by atoms with E-state index < -0.39 is 10.0 Å². The molecule has 0 spiro atoms. The van der Waals surface area contributed by atoms with Crippen LogP contribution in [0.15, 0.2) is 18.2 Å². The Morgan fingerprint density at radius 2 is 2.00 bits per heavy atom. The van der Waals surface area contributed by atoms with Crippen molar-refractivity contribution in [2.45, 2.75) is 13.8 Å². The summed E-state index contributed by atoms with van der Waals surface area (Å²) in [5.74, 6) is 0. The van der Waals surface area contributed by atoms with Gasteiger partial charge < -0.3 is 10.4 Å². The lowest BCUT2D eigenvalue weighted by atomic mass is 9.95. The van der Waals surface area contributed by atoms with E-state index in [1.54, 1.807) is 18.2 Å². The molecule has 0 aliphatic carbocycles. The van der Waals surface area contributed by atoms with Gasteiger partial charge in [0, 0.05) is 18.6 Å². The van der Waals surface area contributed by atoms with Crippen LogP contribution in [0.1, 0.15) is 13.8 Å². The SMILES string of the molecule is CC(C)(CO)CNc1cc(NS(C)(=O)=O)ccc1Cl. The first-order valence-corrected chi connectivity index (χ1v) is 8.02. The van der Waals surface area contributed by atoms with Crippen LogP contribution in [-0.4, -0.2) is 32.9 Å². The zero-order chi connectivity index (χ0) is 14.7. The molecule has 108 valence electrons. The second kappa shape index (κ2) is 5.98. The molecule has 0 atom stereocenters. The van der Waals surface area contributed by atoms with Gasteiger partial charge in [0.2, 0.25) is 10.0 Å². The minimum atomic E-state index is -3.32. The molecular formula is C12H19ClN2O3S. The second-order valence-electron chi connectivity index (χ2n) is 5.24. The van der Waals surface area contributed by atoms with Crippen molar-refractivity contribution in [3.8, 4) is 0 Å². The average molecular weight is 307 g/mol. The molecule has 0 aliphatic rings. The highest BCUT2D eigenvalue weighted by molar-refractivity contribution is 7.92. The zero-order valence-corrected chi connectivity index (χ0v) is 12.8. The molecular weight excluding hydrogens is 288 g/mol. The van der Waals surface area contributed by atoms with E-state index in [4.69, 9.17) is 11.6 Å². The number of benzene rings is 1. The van der Waals surface area contributed by atoms with Gasteiger partial charge in [-0.25, -0.2) is 8.42 Å². The number of hydrogen-bond donors (Lipinski definition) is 3. The number of aliphatic hydroxyl groups excluding tert-OH is 1. The van der Waals surface area contributed by atoms with E-state index in [0.29, 0.717) is 22.9 Å². The Bertz CT molecular complexity index is 544. The lowest BCUT2D eigenvalue weighted by Crippen LogP contribution is -2.26. The normalized spacial score (nSPS) is 12.3. The maximum Gasteiger partial charge on any atom is 0.229 e. The molecule has 3 N–H and O–H groups in total. The Morgan fingerprint density at radius 3 is 2.53 bits per heavy atom. The summed E-state index contributed by atoms with van der Waals surface area (Å²) in [6.07, 6.45) is 1.09. The Balaban J connectivity index is 2.86. The largest absolute Gasteiger partial charge is 0.396 e. The summed E-state index contributed by atoms with van der Waals surface area (Å²) < 4.78 is 24.7. The highest BCUT2D eigenvalue weighted by Crippen LogP contribution is 2.27. The number of anilines is 2. The number of aliphatic hydroxyl groups is 1. The summed E-state index contributed by atoms with van der Waals surface area (Å²) >= 11 is 6.04. The molecule has 0 aromatic heterocycles. The average Bonchev–Trinajstić information content (AvgIpc) is 2.28. The summed E-state index contributed by atoms with van der Waals surface area (Å²) in [5, 5.41) is 12.8. The number of sulfonamides is 1. The third-order valence-corrected chi connectivity index (χ3v) is 3.39. The van der Waals surface area contributed by atoms with Gasteiger partial charge in [-0.3, -0.25) is 4.72 Å². The maximum absolute atomic E-state index is 11.2. The van der Waals surface area contributed by atoms with Crippen LogP contribution in [-0.2, 0) is 10.0 Å². The molecule has 0 unspecified atom stereocenters. The summed E-state index contributed by atoms with van der Waals surface area (Å²) in [6, 6.07) is 4.83. The van der Waals surface area contributed by atoms with Crippen molar-refractivity contribution >= 4 is 33.0 Å². The topological polar surface area (TPSA) is 78.4 Å². The van der Waals surface area contributed by atoms with E-state index in [-0.39, 0.29) is 12.0 Å². The van der Waals surface area contributed by atoms with Gasteiger partial charge in [-0.1, -0.05) is 25.4 Å². The van der Waals surface area contributed by atoms with Crippen LogP contribution in [0.4, 0.5) is 11.4 Å². The van der Waals surface area contributed by atoms with Crippen molar-refractivity contribution in [3.05, 3.63) is 23.2 Å². The third kappa shape index (κ3) is 5.67. The summed E-state index contributed by atoms with van der Waals surface area (Å²) in [6.45, 7) is 4.38. The molecule has 0 radical (unpaired) electrons. The molecule has 1 aromatic carbocycles. The number of halogens is 1. The van der Waals surface area contributed by atoms with Crippen LogP contribution in [0.25, 0.3) is 0 Å². The quantitative estimate of drug-likeness (QED) is 0.752. The lowest BCUT2D eigenvalue weighted by Gasteiger charge is -2.23. The first-order valence-electron chi connectivity index (χ1n) is 5.75. The highest BCUT2D eigenvalue weighted by atomic mass is 35.5. The van der Waals surface area contributed by atoms with Crippen LogP contribution in [0, 0.1) is 5.41 Å². The van der Waals surface area contributed by atoms with Gasteiger partial charge in [-0.2, -0.15) is 0 Å². The van der Waals surface area contributed by atoms with Gasteiger partial charge in [-0.05, 0) is 18.2 Å². The van der Waals surface area contributed by atoms with Crippen molar-refractivity contribution in [2.75, 3.05) is 29.4 Å². The fourth-order valence-electron chi connectivity index (χ4n) is 1.33. The molecule has 0 aliphatic heterocycles. The van der Waals surface area contributed by atoms with E-state index in [9.17, 15) is 13.5 Å². The fraction of sp³-hybridized carbons (Fsp3) is 0.500. The molecule has 1 aromatic rings. The van der Waals surface area contributed by atoms with Gasteiger partial charge in [0.25, 0.3) is 0 Å². The van der Waals surface area contributed by atoms with Gasteiger partial charge >= 0.3 is 0 Å². The van der Waals surface area contributed by atoms with Crippen molar-refractivity contribution in [3.63, 3.8) is 0 Å². The zero-order valence-electron chi connectivity index (χ0n) is 11.2. The van der Waals surface area contributed by atoms with Crippen LogP contribution in [0.3, 0.4) is 0 Å². The highest BCUT2D eigenvalue weighted by Gasteiger charge is 2.16. The molecule has 1 rings (SSSR count). The molecule has 7 heteroatoms.